The van der Waals surface area contributed by atoms with E-state index in [1.807, 2.05) is 29.2 Å². The van der Waals surface area contributed by atoms with Crippen molar-refractivity contribution in [1.82, 2.24) is 9.80 Å². The number of carbonyl (C=O) groups is 1. The van der Waals surface area contributed by atoms with Crippen molar-refractivity contribution < 1.29 is 22.7 Å². The highest BCUT2D eigenvalue weighted by Gasteiger charge is 2.27. The molecule has 0 aromatic heterocycles. The molecule has 1 aliphatic heterocycles. The lowest BCUT2D eigenvalue weighted by Gasteiger charge is -2.35. The number of nitrogens with zero attached hydrogens (tertiary/aromatic N) is 3. The average Bonchev–Trinajstić information content (AvgIpc) is 2.67. The van der Waals surface area contributed by atoms with E-state index in [-0.39, 0.29) is 12.5 Å². The van der Waals surface area contributed by atoms with Gasteiger partial charge in [-0.25, -0.2) is 0 Å². The lowest BCUT2D eigenvalue weighted by atomic mass is 10.1. The molecular weight excluding hydrogens is 383 g/mol. The van der Waals surface area contributed by atoms with E-state index in [0.717, 1.165) is 25.3 Å². The number of hydrogen-bond donors (Lipinski definition) is 0. The third kappa shape index (κ3) is 7.51. The molecule has 0 unspecified atom stereocenters. The summed E-state index contributed by atoms with van der Waals surface area (Å²) in [6.07, 6.45) is -3.72. The lowest BCUT2D eigenvalue weighted by molar-refractivity contribution is -0.174. The summed E-state index contributed by atoms with van der Waals surface area (Å²) in [6.45, 7) is 9.58. The van der Waals surface area contributed by atoms with E-state index in [0.29, 0.717) is 37.7 Å². The first-order chi connectivity index (χ1) is 13.7. The van der Waals surface area contributed by atoms with Crippen LogP contribution >= 0.6 is 0 Å². The van der Waals surface area contributed by atoms with E-state index in [9.17, 15) is 18.0 Å². The number of ether oxygens (including phenoxy) is 1. The smallest absolute Gasteiger partial charge is 0.372 e. The second kappa shape index (κ2) is 10.8. The molecule has 2 rings (SSSR count). The van der Waals surface area contributed by atoms with Crippen molar-refractivity contribution in [3.63, 3.8) is 0 Å². The second-order valence-electron chi connectivity index (χ2n) is 7.58. The van der Waals surface area contributed by atoms with Crippen molar-refractivity contribution in [3.8, 4) is 0 Å². The summed E-state index contributed by atoms with van der Waals surface area (Å²) in [5, 5.41) is 0. The van der Waals surface area contributed by atoms with Gasteiger partial charge in [-0.15, -0.1) is 0 Å². The fourth-order valence-electron chi connectivity index (χ4n) is 3.58. The molecule has 1 aromatic rings. The predicted octanol–water partition coefficient (Wildman–Crippen LogP) is 3.65. The number of rotatable bonds is 9. The molecule has 164 valence electrons. The lowest BCUT2D eigenvalue weighted by Crippen LogP contribution is -2.49. The van der Waals surface area contributed by atoms with Crippen LogP contribution in [-0.2, 0) is 4.74 Å². The molecule has 1 saturated heterocycles. The maximum Gasteiger partial charge on any atom is 0.411 e. The van der Waals surface area contributed by atoms with Crippen LogP contribution in [0.3, 0.4) is 0 Å². The van der Waals surface area contributed by atoms with Gasteiger partial charge in [-0.3, -0.25) is 9.69 Å². The molecule has 8 heteroatoms. The third-order valence-corrected chi connectivity index (χ3v) is 5.10. The van der Waals surface area contributed by atoms with Gasteiger partial charge in [0.05, 0.1) is 0 Å². The largest absolute Gasteiger partial charge is 0.411 e. The summed E-state index contributed by atoms with van der Waals surface area (Å²) in [7, 11) is 0. The van der Waals surface area contributed by atoms with Gasteiger partial charge < -0.3 is 14.5 Å². The minimum Gasteiger partial charge on any atom is -0.372 e. The van der Waals surface area contributed by atoms with E-state index in [4.69, 9.17) is 0 Å². The van der Waals surface area contributed by atoms with Crippen LogP contribution in [0.25, 0.3) is 0 Å². The minimum atomic E-state index is -4.27. The maximum atomic E-state index is 12.8. The molecule has 1 aromatic carbocycles. The normalized spacial score (nSPS) is 15.8. The summed E-state index contributed by atoms with van der Waals surface area (Å²) in [5.41, 5.74) is 1.79. The van der Waals surface area contributed by atoms with Gasteiger partial charge in [-0.2, -0.15) is 13.2 Å². The van der Waals surface area contributed by atoms with Crippen molar-refractivity contribution in [3.05, 3.63) is 29.8 Å². The van der Waals surface area contributed by atoms with Gasteiger partial charge in [0.25, 0.3) is 5.91 Å². The first-order valence-corrected chi connectivity index (χ1v) is 10.2. The number of amides is 1. The van der Waals surface area contributed by atoms with Crippen molar-refractivity contribution in [2.45, 2.75) is 39.4 Å². The van der Waals surface area contributed by atoms with Crippen LogP contribution in [-0.4, -0.2) is 80.4 Å². The van der Waals surface area contributed by atoms with E-state index in [1.165, 1.54) is 0 Å². The Labute approximate surface area is 171 Å². The van der Waals surface area contributed by atoms with Gasteiger partial charge >= 0.3 is 6.18 Å². The van der Waals surface area contributed by atoms with Gasteiger partial charge in [0.1, 0.15) is 6.61 Å². The Balaban J connectivity index is 1.75. The zero-order valence-electron chi connectivity index (χ0n) is 17.5. The van der Waals surface area contributed by atoms with E-state index >= 15 is 0 Å². The SMILES string of the molecule is CCN(c1ccc(C(=O)N2CCN(CCCOCC(F)(F)F)CC2)cc1)C(C)C. The summed E-state index contributed by atoms with van der Waals surface area (Å²) in [5.74, 6) is 0.0253. The second-order valence-corrected chi connectivity index (χ2v) is 7.58. The topological polar surface area (TPSA) is 36.0 Å². The number of carbonyl (C=O) groups excluding carboxylic acids is 1. The molecule has 1 fully saturated rings. The summed E-state index contributed by atoms with van der Waals surface area (Å²) in [6, 6.07) is 8.15. The van der Waals surface area contributed by atoms with Crippen molar-refractivity contribution in [2.24, 2.45) is 0 Å². The zero-order chi connectivity index (χ0) is 21.4. The van der Waals surface area contributed by atoms with Crippen molar-refractivity contribution in [1.29, 1.82) is 0 Å². The molecule has 0 bridgehead atoms. The zero-order valence-corrected chi connectivity index (χ0v) is 17.5. The van der Waals surface area contributed by atoms with Crippen LogP contribution < -0.4 is 4.90 Å². The number of anilines is 1. The van der Waals surface area contributed by atoms with Crippen LogP contribution in [0, 0.1) is 0 Å². The fourth-order valence-corrected chi connectivity index (χ4v) is 3.58. The van der Waals surface area contributed by atoms with E-state index in [2.05, 4.69) is 35.3 Å². The minimum absolute atomic E-state index is 0.0253. The number of benzene rings is 1. The predicted molar refractivity (Wildman–Crippen MR) is 108 cm³/mol. The standard InChI is InChI=1S/C21H32F3N3O2/c1-4-27(17(2)3)19-8-6-18(7-9-19)20(28)26-13-11-25(12-14-26)10-5-15-29-16-21(22,23)24/h6-9,17H,4-5,10-16H2,1-3H3. The van der Waals surface area contributed by atoms with Crippen LogP contribution in [0.4, 0.5) is 18.9 Å². The molecule has 5 nitrogen and oxygen atoms in total. The summed E-state index contributed by atoms with van der Waals surface area (Å²) >= 11 is 0. The Morgan fingerprint density at radius 3 is 2.28 bits per heavy atom. The van der Waals surface area contributed by atoms with Crippen LogP contribution in [0.15, 0.2) is 24.3 Å². The number of piperazine rings is 1. The fraction of sp³-hybridized carbons (Fsp3) is 0.667. The van der Waals surface area contributed by atoms with Crippen LogP contribution in [0.5, 0.6) is 0 Å². The van der Waals surface area contributed by atoms with Gasteiger partial charge in [0.2, 0.25) is 0 Å². The molecule has 0 N–H and O–H groups in total. The summed E-state index contributed by atoms with van der Waals surface area (Å²) < 4.78 is 40.7. The highest BCUT2D eigenvalue weighted by molar-refractivity contribution is 5.94. The Morgan fingerprint density at radius 2 is 1.76 bits per heavy atom. The first-order valence-electron chi connectivity index (χ1n) is 10.2. The van der Waals surface area contributed by atoms with Crippen LogP contribution in [0.2, 0.25) is 0 Å². The maximum absolute atomic E-state index is 12.8. The highest BCUT2D eigenvalue weighted by atomic mass is 19.4. The first kappa shape index (κ1) is 23.5. The number of hydrogen-bond acceptors (Lipinski definition) is 4. The third-order valence-electron chi connectivity index (χ3n) is 5.10. The molecule has 1 amide bonds. The molecule has 0 spiro atoms. The average molecular weight is 416 g/mol. The van der Waals surface area contributed by atoms with E-state index in [1.54, 1.807) is 0 Å². The Morgan fingerprint density at radius 1 is 1.14 bits per heavy atom. The number of halogens is 3. The molecule has 1 aliphatic rings. The van der Waals surface area contributed by atoms with Gasteiger partial charge in [-0.1, -0.05) is 0 Å². The quantitative estimate of drug-likeness (QED) is 0.577. The molecule has 0 atom stereocenters. The molecule has 29 heavy (non-hydrogen) atoms. The van der Waals surface area contributed by atoms with Gasteiger partial charge in [0, 0.05) is 63.2 Å². The molecular formula is C21H32F3N3O2. The Bertz CT molecular complexity index is 627. The number of alkyl halides is 3. The Kier molecular flexibility index (Phi) is 8.77. The molecule has 1 heterocycles. The van der Waals surface area contributed by atoms with E-state index < -0.39 is 12.8 Å². The summed E-state index contributed by atoms with van der Waals surface area (Å²) in [4.78, 5) is 19.0. The molecule has 0 radical (unpaired) electrons. The Hall–Kier alpha value is -1.80. The van der Waals surface area contributed by atoms with Crippen LogP contribution in [0.1, 0.15) is 37.6 Å². The molecule has 0 aliphatic carbocycles. The van der Waals surface area contributed by atoms with Gasteiger partial charge in [0.15, 0.2) is 0 Å². The molecule has 0 saturated carbocycles. The highest BCUT2D eigenvalue weighted by Crippen LogP contribution is 2.19. The monoisotopic (exact) mass is 415 g/mol. The van der Waals surface area contributed by atoms with Crippen molar-refractivity contribution in [2.75, 3.05) is 57.4 Å². The van der Waals surface area contributed by atoms with Gasteiger partial charge in [-0.05, 0) is 51.5 Å². The van der Waals surface area contributed by atoms with Crippen molar-refractivity contribution >= 4 is 11.6 Å².